The number of halogens is 1. The van der Waals surface area contributed by atoms with Crippen LogP contribution in [-0.4, -0.2) is 28.7 Å². The lowest BCUT2D eigenvalue weighted by Crippen LogP contribution is -2.25. The summed E-state index contributed by atoms with van der Waals surface area (Å²) in [7, 11) is 2.06. The first kappa shape index (κ1) is 17.0. The Bertz CT molecular complexity index is 671. The van der Waals surface area contributed by atoms with Crippen molar-refractivity contribution in [1.82, 2.24) is 15.1 Å². The summed E-state index contributed by atoms with van der Waals surface area (Å²) in [6, 6.07) is 9.00. The molecule has 0 fully saturated rings. The fourth-order valence-electron chi connectivity index (χ4n) is 2.85. The van der Waals surface area contributed by atoms with Gasteiger partial charge in [0, 0.05) is 6.04 Å². The minimum absolute atomic E-state index is 0.216. The number of benzene rings is 1. The second kappa shape index (κ2) is 7.75. The van der Waals surface area contributed by atoms with Gasteiger partial charge >= 0.3 is 0 Å². The predicted molar refractivity (Wildman–Crippen MR) is 88.1 cm³/mol. The summed E-state index contributed by atoms with van der Waals surface area (Å²) >= 11 is 0. The molecule has 5 nitrogen and oxygen atoms in total. The lowest BCUT2D eigenvalue weighted by atomic mass is 10.0. The molecule has 0 spiro atoms. The van der Waals surface area contributed by atoms with Crippen LogP contribution in [-0.2, 0) is 6.42 Å². The third-order valence-electron chi connectivity index (χ3n) is 4.09. The average Bonchev–Trinajstić information content (AvgIpc) is 2.90. The Morgan fingerprint density at radius 2 is 2.09 bits per heavy atom. The average molecular weight is 315 g/mol. The van der Waals surface area contributed by atoms with Crippen LogP contribution >= 0.6 is 0 Å². The molecule has 0 saturated heterocycles. The number of nitrogens with zero attached hydrogens (tertiary/aromatic N) is 3. The number of nitriles is 1. The maximum absolute atomic E-state index is 13.1. The lowest BCUT2D eigenvalue weighted by molar-refractivity contribution is 0.236. The Balaban J connectivity index is 1.93. The summed E-state index contributed by atoms with van der Waals surface area (Å²) in [5, 5.41) is 15.8. The number of hydrogen-bond acceptors (Lipinski definition) is 4. The van der Waals surface area contributed by atoms with Gasteiger partial charge in [0.15, 0.2) is 5.82 Å². The molecule has 1 aromatic heterocycles. The third kappa shape index (κ3) is 4.08. The van der Waals surface area contributed by atoms with Crippen molar-refractivity contribution in [2.75, 3.05) is 19.3 Å². The molecule has 122 valence electrons. The number of aromatic nitrogens is 2. The molecule has 2 rings (SSSR count). The van der Waals surface area contributed by atoms with Crippen LogP contribution in [0.2, 0.25) is 0 Å². The van der Waals surface area contributed by atoms with Crippen LogP contribution in [0.5, 0.6) is 0 Å². The van der Waals surface area contributed by atoms with Crippen LogP contribution in [0.1, 0.15) is 42.6 Å². The standard InChI is InChI=1S/C17H22FN5/c1-3-16(12-6-8-13(18)9-7-12)23(2)10-4-5-15-14(11-19)17(20)22-21-15/h6-9,16H,3-5,10H2,1-2H3,(H3,20,21,22)/t16-/m0/s1. The Hall–Kier alpha value is -2.39. The molecular formula is C17H22FN5. The quantitative estimate of drug-likeness (QED) is 0.823. The van der Waals surface area contributed by atoms with Crippen molar-refractivity contribution in [3.63, 3.8) is 0 Å². The molecule has 0 aliphatic rings. The maximum Gasteiger partial charge on any atom is 0.163 e. The smallest absolute Gasteiger partial charge is 0.163 e. The molecule has 6 heteroatoms. The van der Waals surface area contributed by atoms with Crippen molar-refractivity contribution >= 4 is 5.82 Å². The van der Waals surface area contributed by atoms with Gasteiger partial charge in [0.25, 0.3) is 0 Å². The fourth-order valence-corrected chi connectivity index (χ4v) is 2.85. The van der Waals surface area contributed by atoms with Crippen LogP contribution in [0, 0.1) is 17.1 Å². The van der Waals surface area contributed by atoms with Crippen LogP contribution in [0.3, 0.4) is 0 Å². The van der Waals surface area contributed by atoms with E-state index >= 15 is 0 Å². The molecule has 2 aromatic rings. The minimum Gasteiger partial charge on any atom is -0.381 e. The highest BCUT2D eigenvalue weighted by Gasteiger charge is 2.16. The summed E-state index contributed by atoms with van der Waals surface area (Å²) < 4.78 is 13.1. The molecule has 3 N–H and O–H groups in total. The fraction of sp³-hybridized carbons (Fsp3) is 0.412. The second-order valence-corrected chi connectivity index (χ2v) is 5.63. The van der Waals surface area contributed by atoms with E-state index in [0.717, 1.165) is 37.1 Å². The number of anilines is 1. The van der Waals surface area contributed by atoms with E-state index in [1.54, 1.807) is 0 Å². The third-order valence-corrected chi connectivity index (χ3v) is 4.09. The molecule has 1 atom stereocenters. The number of H-pyrrole nitrogens is 1. The Morgan fingerprint density at radius 3 is 2.70 bits per heavy atom. The van der Waals surface area contributed by atoms with Crippen LogP contribution in [0.25, 0.3) is 0 Å². The molecule has 0 aliphatic heterocycles. The first-order valence-electron chi connectivity index (χ1n) is 7.75. The molecule has 0 radical (unpaired) electrons. The SMILES string of the molecule is CC[C@@H](c1ccc(F)cc1)N(C)CCCc1[nH]nc(N)c1C#N. The van der Waals surface area contributed by atoms with Crippen LogP contribution in [0.4, 0.5) is 10.2 Å². The van der Waals surface area contributed by atoms with E-state index in [-0.39, 0.29) is 17.7 Å². The minimum atomic E-state index is -0.216. The van der Waals surface area contributed by atoms with Gasteiger partial charge in [-0.2, -0.15) is 10.4 Å². The van der Waals surface area contributed by atoms with Crippen molar-refractivity contribution in [3.05, 3.63) is 46.9 Å². The van der Waals surface area contributed by atoms with Gasteiger partial charge in [-0.15, -0.1) is 0 Å². The van der Waals surface area contributed by atoms with Crippen molar-refractivity contribution < 1.29 is 4.39 Å². The number of rotatable bonds is 7. The highest BCUT2D eigenvalue weighted by Crippen LogP contribution is 2.23. The summed E-state index contributed by atoms with van der Waals surface area (Å²) in [4.78, 5) is 2.25. The highest BCUT2D eigenvalue weighted by atomic mass is 19.1. The van der Waals surface area contributed by atoms with Gasteiger partial charge in [0.2, 0.25) is 0 Å². The number of aromatic amines is 1. The first-order valence-corrected chi connectivity index (χ1v) is 7.75. The zero-order valence-electron chi connectivity index (χ0n) is 13.5. The Morgan fingerprint density at radius 1 is 1.39 bits per heavy atom. The van der Waals surface area contributed by atoms with Gasteiger partial charge in [0.1, 0.15) is 17.4 Å². The van der Waals surface area contributed by atoms with Gasteiger partial charge in [-0.05, 0) is 50.6 Å². The summed E-state index contributed by atoms with van der Waals surface area (Å²) in [5.74, 6) is 0.0423. The summed E-state index contributed by atoms with van der Waals surface area (Å²) in [6.07, 6.45) is 2.55. The maximum atomic E-state index is 13.1. The Labute approximate surface area is 135 Å². The molecule has 0 bridgehead atoms. The van der Waals surface area contributed by atoms with Crippen molar-refractivity contribution in [2.45, 2.75) is 32.2 Å². The van der Waals surface area contributed by atoms with Gasteiger partial charge in [-0.25, -0.2) is 4.39 Å². The van der Waals surface area contributed by atoms with Crippen LogP contribution in [0.15, 0.2) is 24.3 Å². The van der Waals surface area contributed by atoms with Crippen molar-refractivity contribution in [2.24, 2.45) is 0 Å². The van der Waals surface area contributed by atoms with Gasteiger partial charge < -0.3 is 5.73 Å². The number of nitrogens with one attached hydrogen (secondary N) is 1. The van der Waals surface area contributed by atoms with Gasteiger partial charge in [0.05, 0.1) is 5.69 Å². The monoisotopic (exact) mass is 315 g/mol. The first-order chi connectivity index (χ1) is 11.1. The number of hydrogen-bond donors (Lipinski definition) is 2. The zero-order valence-corrected chi connectivity index (χ0v) is 13.5. The molecule has 0 unspecified atom stereocenters. The summed E-state index contributed by atoms with van der Waals surface area (Å²) in [6.45, 7) is 2.98. The predicted octanol–water partition coefficient (Wildman–Crippen LogP) is 3.02. The topological polar surface area (TPSA) is 81.7 Å². The highest BCUT2D eigenvalue weighted by molar-refractivity contribution is 5.50. The molecular weight excluding hydrogens is 293 g/mol. The zero-order chi connectivity index (χ0) is 16.8. The molecule has 0 amide bonds. The molecule has 1 aromatic carbocycles. The van der Waals surface area contributed by atoms with E-state index in [9.17, 15) is 4.39 Å². The van der Waals surface area contributed by atoms with Crippen molar-refractivity contribution in [3.8, 4) is 6.07 Å². The largest absolute Gasteiger partial charge is 0.381 e. The van der Waals surface area contributed by atoms with Crippen molar-refractivity contribution in [1.29, 1.82) is 5.26 Å². The molecule has 1 heterocycles. The molecule has 23 heavy (non-hydrogen) atoms. The Kier molecular flexibility index (Phi) is 5.72. The number of nitrogens with two attached hydrogens (primary N) is 1. The summed E-state index contributed by atoms with van der Waals surface area (Å²) in [5.41, 5.74) is 7.97. The van der Waals surface area contributed by atoms with E-state index < -0.39 is 0 Å². The van der Waals surface area contributed by atoms with Gasteiger partial charge in [-0.1, -0.05) is 19.1 Å². The lowest BCUT2D eigenvalue weighted by Gasteiger charge is -2.27. The van der Waals surface area contributed by atoms with Gasteiger partial charge in [-0.3, -0.25) is 10.00 Å². The van der Waals surface area contributed by atoms with E-state index in [0.29, 0.717) is 5.56 Å². The van der Waals surface area contributed by atoms with E-state index in [4.69, 9.17) is 11.0 Å². The van der Waals surface area contributed by atoms with E-state index in [1.165, 1.54) is 12.1 Å². The normalized spacial score (nSPS) is 12.3. The molecule has 0 aliphatic carbocycles. The number of aryl methyl sites for hydroxylation is 1. The van der Waals surface area contributed by atoms with E-state index in [2.05, 4.69) is 35.1 Å². The van der Waals surface area contributed by atoms with Crippen LogP contribution < -0.4 is 5.73 Å². The molecule has 0 saturated carbocycles. The van der Waals surface area contributed by atoms with E-state index in [1.807, 2.05) is 12.1 Å². The number of nitrogen functional groups attached to an aromatic ring is 1. The second-order valence-electron chi connectivity index (χ2n) is 5.63.